The average Bonchev–Trinajstić information content (AvgIpc) is 2.84. The lowest BCUT2D eigenvalue weighted by molar-refractivity contribution is -0.171. The van der Waals surface area contributed by atoms with Crippen LogP contribution in [0.3, 0.4) is 0 Å². The quantitative estimate of drug-likeness (QED) is 0.671. The molecule has 21 heavy (non-hydrogen) atoms. The fourth-order valence-corrected chi connectivity index (χ4v) is 3.10. The molecule has 4 N–H and O–H groups in total. The fourth-order valence-electron chi connectivity index (χ4n) is 3.10. The number of carbonyl (C=O) groups excluding carboxylic acids is 2. The Kier molecular flexibility index (Phi) is 4.75. The van der Waals surface area contributed by atoms with Crippen molar-refractivity contribution in [2.45, 2.75) is 50.4 Å². The largest absolute Gasteiger partial charge is 0.408 e. The Hall–Kier alpha value is -1.31. The summed E-state index contributed by atoms with van der Waals surface area (Å²) in [5, 5.41) is 4.66. The zero-order chi connectivity index (χ0) is 15.6. The molecule has 0 radical (unpaired) electrons. The highest BCUT2D eigenvalue weighted by Gasteiger charge is 2.46. The van der Waals surface area contributed by atoms with Crippen molar-refractivity contribution in [3.63, 3.8) is 0 Å². The van der Waals surface area contributed by atoms with E-state index in [1.807, 2.05) is 5.32 Å². The number of carbonyl (C=O) groups is 2. The second-order valence-electron chi connectivity index (χ2n) is 5.77. The zero-order valence-corrected chi connectivity index (χ0v) is 11.6. The number of hydrogen-bond acceptors (Lipinski definition) is 3. The topological polar surface area (TPSA) is 84.2 Å². The molecule has 0 spiro atoms. The van der Waals surface area contributed by atoms with Crippen LogP contribution in [0, 0.1) is 11.8 Å². The highest BCUT2D eigenvalue weighted by molar-refractivity contribution is 6.01. The van der Waals surface area contributed by atoms with Gasteiger partial charge in [0.15, 0.2) is 0 Å². The van der Waals surface area contributed by atoms with Gasteiger partial charge in [-0.1, -0.05) is 6.42 Å². The number of hydrogen-bond donors (Lipinski definition) is 3. The minimum Gasteiger partial charge on any atom is -0.352 e. The van der Waals surface area contributed by atoms with Crippen LogP contribution in [0.2, 0.25) is 0 Å². The van der Waals surface area contributed by atoms with E-state index < -0.39 is 30.0 Å². The van der Waals surface area contributed by atoms with E-state index in [0.29, 0.717) is 6.54 Å². The smallest absolute Gasteiger partial charge is 0.352 e. The molecule has 1 saturated heterocycles. The molecular formula is C13H20F3N3O2. The summed E-state index contributed by atoms with van der Waals surface area (Å²) in [5.74, 6) is -2.19. The van der Waals surface area contributed by atoms with E-state index in [0.717, 1.165) is 19.3 Å². The first-order valence-corrected chi connectivity index (χ1v) is 7.20. The van der Waals surface area contributed by atoms with Gasteiger partial charge in [0.25, 0.3) is 0 Å². The van der Waals surface area contributed by atoms with Crippen LogP contribution in [0.4, 0.5) is 13.2 Å². The Balaban J connectivity index is 1.91. The van der Waals surface area contributed by atoms with Gasteiger partial charge in [-0.15, -0.1) is 0 Å². The summed E-state index contributed by atoms with van der Waals surface area (Å²) >= 11 is 0. The predicted molar refractivity (Wildman–Crippen MR) is 69.0 cm³/mol. The van der Waals surface area contributed by atoms with Crippen molar-refractivity contribution in [2.24, 2.45) is 17.6 Å². The van der Waals surface area contributed by atoms with E-state index in [4.69, 9.17) is 5.73 Å². The van der Waals surface area contributed by atoms with Crippen molar-refractivity contribution >= 4 is 11.8 Å². The first kappa shape index (κ1) is 16.1. The standard InChI is InChI=1S/C13H20F3N3O2/c14-13(15,16)10-5-4-8(12(21)19-10)11(20)18-9-3-1-2-7(9)6-17/h7-10H,1-6,17H2,(H,18,20)(H,19,21). The zero-order valence-electron chi connectivity index (χ0n) is 11.6. The molecule has 2 fully saturated rings. The molecule has 4 atom stereocenters. The van der Waals surface area contributed by atoms with Crippen molar-refractivity contribution in [3.8, 4) is 0 Å². The first-order valence-electron chi connectivity index (χ1n) is 7.20. The third kappa shape index (κ3) is 3.66. The van der Waals surface area contributed by atoms with E-state index in [9.17, 15) is 22.8 Å². The molecule has 0 aromatic carbocycles. The number of nitrogens with two attached hydrogens (primary N) is 1. The van der Waals surface area contributed by atoms with Gasteiger partial charge in [-0.2, -0.15) is 13.2 Å². The van der Waals surface area contributed by atoms with Crippen molar-refractivity contribution < 1.29 is 22.8 Å². The molecule has 1 saturated carbocycles. The Morgan fingerprint density at radius 3 is 2.57 bits per heavy atom. The Labute approximate surface area is 120 Å². The summed E-state index contributed by atoms with van der Waals surface area (Å²) in [5.41, 5.74) is 5.62. The van der Waals surface area contributed by atoms with Gasteiger partial charge in [0, 0.05) is 6.04 Å². The SMILES string of the molecule is NCC1CCCC1NC(=O)C1CCC(C(F)(F)F)NC1=O. The van der Waals surface area contributed by atoms with E-state index in [1.54, 1.807) is 0 Å². The number of amides is 2. The highest BCUT2D eigenvalue weighted by Crippen LogP contribution is 2.29. The number of piperidine rings is 1. The van der Waals surface area contributed by atoms with Crippen LogP contribution in [-0.4, -0.2) is 36.6 Å². The van der Waals surface area contributed by atoms with Crippen LogP contribution in [0.1, 0.15) is 32.1 Å². The van der Waals surface area contributed by atoms with Gasteiger partial charge in [-0.3, -0.25) is 9.59 Å². The van der Waals surface area contributed by atoms with Crippen LogP contribution in [0.5, 0.6) is 0 Å². The fraction of sp³-hybridized carbons (Fsp3) is 0.846. The first-order chi connectivity index (χ1) is 9.82. The lowest BCUT2D eigenvalue weighted by Gasteiger charge is -2.31. The molecule has 1 aliphatic heterocycles. The molecule has 2 aliphatic rings. The van der Waals surface area contributed by atoms with Crippen molar-refractivity contribution in [3.05, 3.63) is 0 Å². The molecule has 4 unspecified atom stereocenters. The maximum atomic E-state index is 12.5. The minimum absolute atomic E-state index is 0.0735. The van der Waals surface area contributed by atoms with Crippen molar-refractivity contribution in [1.82, 2.24) is 10.6 Å². The number of nitrogens with one attached hydrogen (secondary N) is 2. The van der Waals surface area contributed by atoms with Crippen molar-refractivity contribution in [2.75, 3.05) is 6.54 Å². The molecule has 0 bridgehead atoms. The third-order valence-electron chi connectivity index (χ3n) is 4.38. The van der Waals surface area contributed by atoms with Gasteiger partial charge < -0.3 is 16.4 Å². The van der Waals surface area contributed by atoms with Crippen LogP contribution in [0.25, 0.3) is 0 Å². The summed E-state index contributed by atoms with van der Waals surface area (Å²) in [7, 11) is 0. The molecule has 120 valence electrons. The average molecular weight is 307 g/mol. The van der Waals surface area contributed by atoms with Crippen LogP contribution < -0.4 is 16.4 Å². The minimum atomic E-state index is -4.47. The van der Waals surface area contributed by atoms with Gasteiger partial charge in [-0.05, 0) is 38.1 Å². The Morgan fingerprint density at radius 1 is 1.29 bits per heavy atom. The van der Waals surface area contributed by atoms with Crippen molar-refractivity contribution in [1.29, 1.82) is 0 Å². The maximum Gasteiger partial charge on any atom is 0.408 e. The Morgan fingerprint density at radius 2 is 2.00 bits per heavy atom. The summed E-state index contributed by atoms with van der Waals surface area (Å²) in [6.45, 7) is 0.456. The molecule has 2 rings (SSSR count). The van der Waals surface area contributed by atoms with Crippen LogP contribution in [-0.2, 0) is 9.59 Å². The molecule has 0 aromatic heterocycles. The molecule has 8 heteroatoms. The molecule has 0 aromatic rings. The summed E-state index contributed by atoms with van der Waals surface area (Å²) in [4.78, 5) is 23.8. The monoisotopic (exact) mass is 307 g/mol. The molecular weight excluding hydrogens is 287 g/mol. The second-order valence-corrected chi connectivity index (χ2v) is 5.77. The lowest BCUT2D eigenvalue weighted by Crippen LogP contribution is -2.55. The molecule has 1 heterocycles. The molecule has 5 nitrogen and oxygen atoms in total. The van der Waals surface area contributed by atoms with Crippen LogP contribution in [0.15, 0.2) is 0 Å². The van der Waals surface area contributed by atoms with Gasteiger partial charge in [0.1, 0.15) is 12.0 Å². The normalized spacial score (nSPS) is 33.6. The number of alkyl halides is 3. The van der Waals surface area contributed by atoms with E-state index in [1.165, 1.54) is 0 Å². The Bertz CT molecular complexity index is 414. The predicted octanol–water partition coefficient (Wildman–Crippen LogP) is 0.687. The second kappa shape index (κ2) is 6.21. The molecule has 2 amide bonds. The summed E-state index contributed by atoms with van der Waals surface area (Å²) in [6.07, 6.45) is -2.13. The van der Waals surface area contributed by atoms with E-state index >= 15 is 0 Å². The number of halogens is 3. The summed E-state index contributed by atoms with van der Waals surface area (Å²) < 4.78 is 37.6. The van der Waals surface area contributed by atoms with Gasteiger partial charge >= 0.3 is 6.18 Å². The van der Waals surface area contributed by atoms with E-state index in [-0.39, 0.29) is 24.8 Å². The lowest BCUT2D eigenvalue weighted by atomic mass is 9.92. The number of rotatable bonds is 3. The highest BCUT2D eigenvalue weighted by atomic mass is 19.4. The summed E-state index contributed by atoms with van der Waals surface area (Å²) in [6, 6.07) is -1.92. The van der Waals surface area contributed by atoms with E-state index in [2.05, 4.69) is 5.32 Å². The molecule has 1 aliphatic carbocycles. The maximum absolute atomic E-state index is 12.5. The van der Waals surface area contributed by atoms with Gasteiger partial charge in [0.05, 0.1) is 0 Å². The third-order valence-corrected chi connectivity index (χ3v) is 4.38. The van der Waals surface area contributed by atoms with Crippen LogP contribution >= 0.6 is 0 Å². The van der Waals surface area contributed by atoms with Gasteiger partial charge in [0.2, 0.25) is 11.8 Å². The van der Waals surface area contributed by atoms with Gasteiger partial charge in [-0.25, -0.2) is 0 Å².